The number of benzene rings is 1. The van der Waals surface area contributed by atoms with Crippen LogP contribution in [0.3, 0.4) is 0 Å². The summed E-state index contributed by atoms with van der Waals surface area (Å²) in [5.41, 5.74) is 2.90. The van der Waals surface area contributed by atoms with Gasteiger partial charge in [-0.05, 0) is 44.2 Å². The summed E-state index contributed by atoms with van der Waals surface area (Å²) < 4.78 is 0. The number of para-hydroxylation sites is 1. The summed E-state index contributed by atoms with van der Waals surface area (Å²) >= 11 is 0. The Hall–Kier alpha value is -1.24. The number of nitrogens with one attached hydrogen (secondary N) is 1. The topological polar surface area (TPSA) is 12.0 Å². The quantitative estimate of drug-likeness (QED) is 0.520. The van der Waals surface area contributed by atoms with Crippen molar-refractivity contribution in [2.24, 2.45) is 0 Å². The van der Waals surface area contributed by atoms with Crippen LogP contribution < -0.4 is 5.32 Å². The van der Waals surface area contributed by atoms with E-state index in [1.165, 1.54) is 57.1 Å². The van der Waals surface area contributed by atoms with Crippen LogP contribution in [-0.4, -0.2) is 6.04 Å². The predicted molar refractivity (Wildman–Crippen MR) is 84.5 cm³/mol. The lowest BCUT2D eigenvalue weighted by Gasteiger charge is -2.27. The van der Waals surface area contributed by atoms with Gasteiger partial charge in [-0.15, -0.1) is 0 Å². The van der Waals surface area contributed by atoms with Gasteiger partial charge in [0.05, 0.1) is 0 Å². The zero-order valence-corrected chi connectivity index (χ0v) is 12.2. The first-order valence-electron chi connectivity index (χ1n) is 7.90. The highest BCUT2D eigenvalue weighted by Gasteiger charge is 2.17. The first-order valence-corrected chi connectivity index (χ1v) is 7.90. The number of anilines is 1. The van der Waals surface area contributed by atoms with Crippen LogP contribution in [0.5, 0.6) is 0 Å². The second-order valence-electron chi connectivity index (χ2n) is 5.58. The Morgan fingerprint density at radius 3 is 2.79 bits per heavy atom. The molecule has 1 nitrogen and oxygen atoms in total. The molecule has 1 unspecified atom stereocenters. The van der Waals surface area contributed by atoms with Gasteiger partial charge in [0.1, 0.15) is 0 Å². The molecule has 1 fully saturated rings. The molecule has 1 aromatic rings. The van der Waals surface area contributed by atoms with E-state index in [0.717, 1.165) is 0 Å². The maximum atomic E-state index is 3.70. The Kier molecular flexibility index (Phi) is 6.00. The Bertz CT molecular complexity index is 380. The fourth-order valence-electron chi connectivity index (χ4n) is 2.86. The van der Waals surface area contributed by atoms with Gasteiger partial charge >= 0.3 is 0 Å². The Morgan fingerprint density at radius 2 is 2.00 bits per heavy atom. The molecule has 1 heteroatoms. The molecular weight excluding hydrogens is 230 g/mol. The lowest BCUT2D eigenvalue weighted by molar-refractivity contribution is 0.553. The molecular formula is C18H27N. The van der Waals surface area contributed by atoms with Gasteiger partial charge in [-0.1, -0.05) is 56.0 Å². The third-order valence-electron chi connectivity index (χ3n) is 3.98. The normalized spacial score (nSPS) is 21.5. The van der Waals surface area contributed by atoms with E-state index in [1.54, 1.807) is 5.57 Å². The molecule has 104 valence electrons. The molecule has 1 saturated carbocycles. The highest BCUT2D eigenvalue weighted by atomic mass is 14.9. The maximum Gasteiger partial charge on any atom is 0.0473 e. The van der Waals surface area contributed by atoms with Crippen molar-refractivity contribution < 1.29 is 0 Å². The van der Waals surface area contributed by atoms with Crippen LogP contribution in [0.15, 0.2) is 42.0 Å². The highest BCUT2D eigenvalue weighted by molar-refractivity contribution is 5.45. The highest BCUT2D eigenvalue weighted by Crippen LogP contribution is 2.27. The molecule has 0 spiro atoms. The van der Waals surface area contributed by atoms with Crippen LogP contribution in [0.4, 0.5) is 5.69 Å². The molecule has 2 rings (SSSR count). The molecule has 0 saturated heterocycles. The van der Waals surface area contributed by atoms with Crippen molar-refractivity contribution in [1.29, 1.82) is 0 Å². The van der Waals surface area contributed by atoms with Crippen molar-refractivity contribution in [3.8, 4) is 0 Å². The number of hydrogen-bond donors (Lipinski definition) is 1. The molecule has 1 aliphatic carbocycles. The van der Waals surface area contributed by atoms with E-state index in [-0.39, 0.29) is 0 Å². The van der Waals surface area contributed by atoms with Gasteiger partial charge < -0.3 is 5.32 Å². The summed E-state index contributed by atoms with van der Waals surface area (Å²) in [4.78, 5) is 0. The molecule has 0 amide bonds. The van der Waals surface area contributed by atoms with E-state index in [9.17, 15) is 0 Å². The number of unbranched alkanes of at least 4 members (excludes halogenated alkanes) is 3. The van der Waals surface area contributed by atoms with Crippen LogP contribution in [-0.2, 0) is 0 Å². The average Bonchev–Trinajstić information content (AvgIpc) is 2.46. The largest absolute Gasteiger partial charge is 0.379 e. The van der Waals surface area contributed by atoms with E-state index in [0.29, 0.717) is 6.04 Å². The lowest BCUT2D eigenvalue weighted by Crippen LogP contribution is -2.25. The molecule has 1 aromatic carbocycles. The Morgan fingerprint density at radius 1 is 1.16 bits per heavy atom. The lowest BCUT2D eigenvalue weighted by atomic mass is 9.88. The van der Waals surface area contributed by atoms with Crippen LogP contribution in [0.25, 0.3) is 0 Å². The van der Waals surface area contributed by atoms with E-state index in [4.69, 9.17) is 0 Å². The SMILES string of the molecule is CCCCCC=C1CCCCC1Nc1ccccc1. The zero-order chi connectivity index (χ0) is 13.3. The van der Waals surface area contributed by atoms with Gasteiger partial charge in [-0.2, -0.15) is 0 Å². The van der Waals surface area contributed by atoms with E-state index < -0.39 is 0 Å². The second kappa shape index (κ2) is 8.04. The van der Waals surface area contributed by atoms with Gasteiger partial charge in [0.15, 0.2) is 0 Å². The molecule has 1 aliphatic rings. The molecule has 0 bridgehead atoms. The fourth-order valence-corrected chi connectivity index (χ4v) is 2.86. The average molecular weight is 257 g/mol. The van der Waals surface area contributed by atoms with Gasteiger partial charge in [0.25, 0.3) is 0 Å². The van der Waals surface area contributed by atoms with Crippen molar-refractivity contribution in [2.45, 2.75) is 64.3 Å². The molecule has 1 atom stereocenters. The van der Waals surface area contributed by atoms with Gasteiger partial charge in [-0.25, -0.2) is 0 Å². The van der Waals surface area contributed by atoms with Crippen LogP contribution in [0, 0.1) is 0 Å². The molecule has 0 aromatic heterocycles. The first kappa shape index (κ1) is 14.2. The van der Waals surface area contributed by atoms with Gasteiger partial charge in [0.2, 0.25) is 0 Å². The summed E-state index contributed by atoms with van der Waals surface area (Å²) in [6, 6.07) is 11.2. The number of allylic oxidation sites excluding steroid dienone is 1. The smallest absolute Gasteiger partial charge is 0.0473 e. The first-order chi connectivity index (χ1) is 9.40. The van der Waals surface area contributed by atoms with Crippen molar-refractivity contribution in [3.63, 3.8) is 0 Å². The minimum atomic E-state index is 0.567. The third-order valence-corrected chi connectivity index (χ3v) is 3.98. The second-order valence-corrected chi connectivity index (χ2v) is 5.58. The van der Waals surface area contributed by atoms with Crippen LogP contribution in [0.2, 0.25) is 0 Å². The number of hydrogen-bond acceptors (Lipinski definition) is 1. The third kappa shape index (κ3) is 4.74. The van der Waals surface area contributed by atoms with Crippen molar-refractivity contribution in [1.82, 2.24) is 0 Å². The molecule has 0 radical (unpaired) electrons. The zero-order valence-electron chi connectivity index (χ0n) is 12.2. The summed E-state index contributed by atoms with van der Waals surface area (Å²) in [7, 11) is 0. The maximum absolute atomic E-state index is 3.70. The van der Waals surface area contributed by atoms with Crippen LogP contribution >= 0.6 is 0 Å². The summed E-state index contributed by atoms with van der Waals surface area (Å²) in [6.07, 6.45) is 13.1. The van der Waals surface area contributed by atoms with Crippen molar-refractivity contribution in [2.75, 3.05) is 5.32 Å². The van der Waals surface area contributed by atoms with E-state index in [1.807, 2.05) is 0 Å². The van der Waals surface area contributed by atoms with E-state index >= 15 is 0 Å². The predicted octanol–water partition coefficient (Wildman–Crippen LogP) is 5.55. The minimum Gasteiger partial charge on any atom is -0.379 e. The summed E-state index contributed by atoms with van der Waals surface area (Å²) in [5, 5.41) is 3.70. The Labute approximate surface area is 118 Å². The van der Waals surface area contributed by atoms with Crippen molar-refractivity contribution in [3.05, 3.63) is 42.0 Å². The van der Waals surface area contributed by atoms with Crippen LogP contribution in [0.1, 0.15) is 58.3 Å². The molecule has 0 aliphatic heterocycles. The summed E-state index contributed by atoms with van der Waals surface area (Å²) in [5.74, 6) is 0. The monoisotopic (exact) mass is 257 g/mol. The standard InChI is InChI=1S/C18H27N/c1-2-3-4-6-11-16-12-9-10-15-18(16)19-17-13-7-5-8-14-17/h5,7-8,11,13-14,18-19H,2-4,6,9-10,12,15H2,1H3. The minimum absolute atomic E-state index is 0.567. The Balaban J connectivity index is 1.92. The summed E-state index contributed by atoms with van der Waals surface area (Å²) in [6.45, 7) is 2.27. The van der Waals surface area contributed by atoms with E-state index in [2.05, 4.69) is 48.6 Å². The van der Waals surface area contributed by atoms with Crippen molar-refractivity contribution >= 4 is 5.69 Å². The molecule has 1 N–H and O–H groups in total. The fraction of sp³-hybridized carbons (Fsp3) is 0.556. The molecule has 19 heavy (non-hydrogen) atoms. The molecule has 0 heterocycles. The van der Waals surface area contributed by atoms with Gasteiger partial charge in [-0.3, -0.25) is 0 Å². The number of rotatable bonds is 6. The van der Waals surface area contributed by atoms with Gasteiger partial charge in [0, 0.05) is 11.7 Å².